The summed E-state index contributed by atoms with van der Waals surface area (Å²) in [6, 6.07) is 0. The molecule has 0 rings (SSSR count). The van der Waals surface area contributed by atoms with Gasteiger partial charge in [0, 0.05) is 19.3 Å². The Morgan fingerprint density at radius 1 is 0.244 bits per heavy atom. The molecule has 0 aliphatic rings. The molecule has 0 fully saturated rings. The summed E-state index contributed by atoms with van der Waals surface area (Å²) < 4.78 is 17.0. The van der Waals surface area contributed by atoms with Crippen LogP contribution >= 0.6 is 0 Å². The van der Waals surface area contributed by atoms with Gasteiger partial charge in [0.05, 0.1) is 0 Å². The van der Waals surface area contributed by atoms with Crippen LogP contribution in [0.1, 0.15) is 387 Å². The van der Waals surface area contributed by atoms with E-state index in [0.717, 1.165) is 83.5 Å². The number of hydrogen-bond donors (Lipinski definition) is 0. The van der Waals surface area contributed by atoms with Gasteiger partial charge in [0.1, 0.15) is 13.2 Å². The number of rotatable bonds is 67. The summed E-state index contributed by atoms with van der Waals surface area (Å²) >= 11 is 0. The summed E-state index contributed by atoms with van der Waals surface area (Å²) in [5.74, 6) is -0.855. The van der Waals surface area contributed by atoms with Gasteiger partial charge in [-0.15, -0.1) is 0 Å². The third-order valence-corrected chi connectivity index (χ3v) is 16.2. The second kappa shape index (κ2) is 70.6. The fourth-order valence-corrected chi connectivity index (χ4v) is 10.8. The van der Waals surface area contributed by atoms with E-state index >= 15 is 0 Å². The van der Waals surface area contributed by atoms with E-state index in [9.17, 15) is 14.4 Å². The Hall–Kier alpha value is -2.89. The van der Waals surface area contributed by atoms with Crippen molar-refractivity contribution in [2.24, 2.45) is 0 Å². The van der Waals surface area contributed by atoms with Gasteiger partial charge in [-0.1, -0.05) is 338 Å². The normalized spacial score (nSPS) is 12.4. The molecule has 0 N–H and O–H groups in total. The molecule has 0 saturated carbocycles. The van der Waals surface area contributed by atoms with Crippen LogP contribution in [0.15, 0.2) is 60.8 Å². The molecule has 0 bridgehead atoms. The van der Waals surface area contributed by atoms with Crippen LogP contribution in [-0.4, -0.2) is 37.2 Å². The molecular formula is C76H138O6. The lowest BCUT2D eigenvalue weighted by atomic mass is 10.0. The molecular weight excluding hydrogens is 1010 g/mol. The van der Waals surface area contributed by atoms with Crippen molar-refractivity contribution in [3.63, 3.8) is 0 Å². The number of carbonyl (C=O) groups excluding carboxylic acids is 3. The first-order valence-corrected chi connectivity index (χ1v) is 36.3. The monoisotopic (exact) mass is 1150 g/mol. The fraction of sp³-hybridized carbons (Fsp3) is 0.829. The van der Waals surface area contributed by atoms with Crippen molar-refractivity contribution in [2.75, 3.05) is 13.2 Å². The molecule has 82 heavy (non-hydrogen) atoms. The van der Waals surface area contributed by atoms with Gasteiger partial charge < -0.3 is 14.2 Å². The second-order valence-corrected chi connectivity index (χ2v) is 24.5. The minimum absolute atomic E-state index is 0.0720. The highest BCUT2D eigenvalue weighted by Gasteiger charge is 2.19. The van der Waals surface area contributed by atoms with Crippen molar-refractivity contribution < 1.29 is 28.6 Å². The third-order valence-electron chi connectivity index (χ3n) is 16.2. The second-order valence-electron chi connectivity index (χ2n) is 24.5. The van der Waals surface area contributed by atoms with Crippen molar-refractivity contribution in [2.45, 2.75) is 393 Å². The quantitative estimate of drug-likeness (QED) is 0.0261. The average molecular weight is 1150 g/mol. The highest BCUT2D eigenvalue weighted by molar-refractivity contribution is 5.71. The van der Waals surface area contributed by atoms with E-state index in [1.54, 1.807) is 0 Å². The fourth-order valence-electron chi connectivity index (χ4n) is 10.8. The molecule has 0 amide bonds. The Morgan fingerprint density at radius 3 is 0.695 bits per heavy atom. The topological polar surface area (TPSA) is 78.9 Å². The van der Waals surface area contributed by atoms with Gasteiger partial charge in [0.2, 0.25) is 0 Å². The zero-order chi connectivity index (χ0) is 59.2. The molecule has 0 aromatic carbocycles. The molecule has 0 spiro atoms. The molecule has 0 saturated heterocycles. The number of hydrogen-bond acceptors (Lipinski definition) is 6. The van der Waals surface area contributed by atoms with Crippen molar-refractivity contribution in [3.05, 3.63) is 60.8 Å². The Bertz CT molecular complexity index is 1460. The van der Waals surface area contributed by atoms with Crippen molar-refractivity contribution in [1.82, 2.24) is 0 Å². The molecule has 478 valence electrons. The molecule has 0 aliphatic heterocycles. The lowest BCUT2D eigenvalue weighted by Crippen LogP contribution is -2.30. The van der Waals surface area contributed by atoms with E-state index in [2.05, 4.69) is 81.5 Å². The lowest BCUT2D eigenvalue weighted by Gasteiger charge is -2.18. The summed E-state index contributed by atoms with van der Waals surface area (Å²) in [6.07, 6.45) is 91.1. The maximum atomic E-state index is 12.9. The van der Waals surface area contributed by atoms with Crippen LogP contribution in [0.25, 0.3) is 0 Å². The predicted molar refractivity (Wildman–Crippen MR) is 358 cm³/mol. The maximum Gasteiger partial charge on any atom is 0.306 e. The minimum Gasteiger partial charge on any atom is -0.462 e. The van der Waals surface area contributed by atoms with Gasteiger partial charge in [0.25, 0.3) is 0 Å². The van der Waals surface area contributed by atoms with Gasteiger partial charge >= 0.3 is 17.9 Å². The van der Waals surface area contributed by atoms with Crippen LogP contribution in [0.5, 0.6) is 0 Å². The molecule has 0 aliphatic carbocycles. The Labute approximate surface area is 510 Å². The van der Waals surface area contributed by atoms with Crippen molar-refractivity contribution in [3.8, 4) is 0 Å². The molecule has 0 heterocycles. The summed E-state index contributed by atoms with van der Waals surface area (Å²) in [5, 5.41) is 0. The Morgan fingerprint density at radius 2 is 0.439 bits per heavy atom. The Balaban J connectivity index is 4.15. The number of unbranched alkanes of at least 4 members (excludes halogenated alkanes) is 46. The van der Waals surface area contributed by atoms with Crippen LogP contribution in [0.3, 0.4) is 0 Å². The molecule has 6 heteroatoms. The predicted octanol–water partition coefficient (Wildman–Crippen LogP) is 25.1. The van der Waals surface area contributed by atoms with Gasteiger partial charge in [0.15, 0.2) is 6.10 Å². The maximum absolute atomic E-state index is 12.9. The third kappa shape index (κ3) is 67.9. The largest absolute Gasteiger partial charge is 0.462 e. The van der Waals surface area contributed by atoms with Crippen molar-refractivity contribution >= 4 is 17.9 Å². The summed E-state index contributed by atoms with van der Waals surface area (Å²) in [7, 11) is 0. The summed E-state index contributed by atoms with van der Waals surface area (Å²) in [6.45, 7) is 6.66. The van der Waals surface area contributed by atoms with Crippen LogP contribution < -0.4 is 0 Å². The minimum atomic E-state index is -0.776. The number of esters is 3. The number of allylic oxidation sites excluding steroid dienone is 10. The zero-order valence-corrected chi connectivity index (χ0v) is 55.0. The lowest BCUT2D eigenvalue weighted by molar-refractivity contribution is -0.167. The average Bonchev–Trinajstić information content (AvgIpc) is 3.47. The van der Waals surface area contributed by atoms with Crippen LogP contribution in [-0.2, 0) is 28.6 Å². The first kappa shape index (κ1) is 79.1. The van der Waals surface area contributed by atoms with E-state index in [4.69, 9.17) is 14.2 Å². The van der Waals surface area contributed by atoms with Gasteiger partial charge in [-0.2, -0.15) is 0 Å². The van der Waals surface area contributed by atoms with Gasteiger partial charge in [-0.05, 0) is 89.9 Å². The van der Waals surface area contributed by atoms with E-state index in [1.165, 1.54) is 263 Å². The molecule has 0 aromatic rings. The SMILES string of the molecule is CCCCCC/C=C\C/C=C\CCCCCCCCCC(=O)OC(COC(=O)CCCCCCCCCCCCCCC)COC(=O)CCCCCCCCCCCCCCCCCCCC/C=C\C/C=C\C/C=C\CCCCCCC. The van der Waals surface area contributed by atoms with E-state index in [1.807, 2.05) is 0 Å². The highest BCUT2D eigenvalue weighted by atomic mass is 16.6. The molecule has 0 aromatic heterocycles. The number of carbonyl (C=O) groups is 3. The Kier molecular flexibility index (Phi) is 68.1. The molecule has 0 radical (unpaired) electrons. The summed E-state index contributed by atoms with van der Waals surface area (Å²) in [5.41, 5.74) is 0. The van der Waals surface area contributed by atoms with Crippen LogP contribution in [0.4, 0.5) is 0 Å². The van der Waals surface area contributed by atoms with E-state index in [-0.39, 0.29) is 31.1 Å². The first-order valence-electron chi connectivity index (χ1n) is 36.3. The van der Waals surface area contributed by atoms with Gasteiger partial charge in [-0.25, -0.2) is 0 Å². The first-order chi connectivity index (χ1) is 40.5. The van der Waals surface area contributed by atoms with Crippen LogP contribution in [0, 0.1) is 0 Å². The van der Waals surface area contributed by atoms with Crippen molar-refractivity contribution in [1.29, 1.82) is 0 Å². The summed E-state index contributed by atoms with van der Waals surface area (Å²) in [4.78, 5) is 38.4. The van der Waals surface area contributed by atoms with Crippen LogP contribution in [0.2, 0.25) is 0 Å². The molecule has 1 unspecified atom stereocenters. The molecule has 1 atom stereocenters. The van der Waals surface area contributed by atoms with E-state index < -0.39 is 6.10 Å². The zero-order valence-electron chi connectivity index (χ0n) is 55.0. The molecule has 6 nitrogen and oxygen atoms in total. The number of ether oxygens (including phenoxy) is 3. The van der Waals surface area contributed by atoms with E-state index in [0.29, 0.717) is 19.3 Å². The smallest absolute Gasteiger partial charge is 0.306 e. The standard InChI is InChI=1S/C76H138O6/c1-4-7-10-13-16-19-22-25-27-29-31-32-33-34-35-36-37-38-39-40-41-42-43-44-45-47-48-51-54-57-60-63-66-69-75(78)81-72-73(71-80-74(77)68-65-62-59-56-53-50-24-21-18-15-12-9-6-3)82-76(79)70-67-64-61-58-55-52-49-46-30-28-26-23-20-17-14-11-8-5-2/h20,22-23,25,28-31,33-34,73H,4-19,21,24,26-27,32,35-72H2,1-3H3/b23-20-,25-22-,30-28-,31-29-,34-33-. The highest BCUT2D eigenvalue weighted by Crippen LogP contribution is 2.18. The van der Waals surface area contributed by atoms with Gasteiger partial charge in [-0.3, -0.25) is 14.4 Å².